The van der Waals surface area contributed by atoms with Crippen molar-refractivity contribution in [2.45, 2.75) is 57.4 Å². The first-order valence-electron chi connectivity index (χ1n) is 8.22. The Kier molecular flexibility index (Phi) is 4.28. The first kappa shape index (κ1) is 15.3. The van der Waals surface area contributed by atoms with Gasteiger partial charge in [0, 0.05) is 18.4 Å². The van der Waals surface area contributed by atoms with Crippen LogP contribution in [0.1, 0.15) is 56.7 Å². The third kappa shape index (κ3) is 2.72. The lowest BCUT2D eigenvalue weighted by molar-refractivity contribution is -0.0131. The molecule has 1 atom stereocenters. The Labute approximate surface area is 132 Å². The van der Waals surface area contributed by atoms with Crippen LogP contribution < -0.4 is 5.32 Å². The molecule has 0 amide bonds. The predicted molar refractivity (Wildman–Crippen MR) is 83.6 cm³/mol. The van der Waals surface area contributed by atoms with E-state index in [0.717, 1.165) is 41.8 Å². The van der Waals surface area contributed by atoms with Crippen LogP contribution in [0, 0.1) is 23.7 Å². The molecule has 4 bridgehead atoms. The smallest absolute Gasteiger partial charge is 0.230 e. The third-order valence-corrected chi connectivity index (χ3v) is 5.98. The number of nitrogens with zero attached hydrogens (tertiary/aromatic N) is 2. The van der Waals surface area contributed by atoms with Crippen molar-refractivity contribution >= 4 is 12.4 Å². The van der Waals surface area contributed by atoms with Gasteiger partial charge >= 0.3 is 0 Å². The van der Waals surface area contributed by atoms with Gasteiger partial charge in [0.2, 0.25) is 5.89 Å². The van der Waals surface area contributed by atoms with E-state index in [-0.39, 0.29) is 12.4 Å². The molecule has 21 heavy (non-hydrogen) atoms. The summed E-state index contributed by atoms with van der Waals surface area (Å²) in [7, 11) is 1.98. The summed E-state index contributed by atoms with van der Waals surface area (Å²) in [6.07, 6.45) is 7.97. The molecule has 4 aliphatic rings. The number of halogens is 1. The molecule has 1 N–H and O–H groups in total. The highest BCUT2D eigenvalue weighted by molar-refractivity contribution is 5.85. The fourth-order valence-electron chi connectivity index (χ4n) is 5.19. The number of rotatable bonds is 4. The summed E-state index contributed by atoms with van der Waals surface area (Å²) in [5, 5.41) is 7.44. The zero-order valence-corrected chi connectivity index (χ0v) is 13.7. The molecule has 1 aromatic heterocycles. The second-order valence-corrected chi connectivity index (χ2v) is 7.40. The third-order valence-electron chi connectivity index (χ3n) is 5.98. The van der Waals surface area contributed by atoms with E-state index < -0.39 is 0 Å². The molecule has 5 rings (SSSR count). The molecule has 118 valence electrons. The quantitative estimate of drug-likeness (QED) is 0.928. The molecule has 5 heteroatoms. The molecule has 4 fully saturated rings. The zero-order chi connectivity index (χ0) is 13.7. The summed E-state index contributed by atoms with van der Waals surface area (Å²) in [4.78, 5) is 4.73. The number of nitrogens with one attached hydrogen (secondary N) is 1. The molecule has 0 aliphatic heterocycles. The van der Waals surface area contributed by atoms with Gasteiger partial charge in [-0.3, -0.25) is 0 Å². The minimum Gasteiger partial charge on any atom is -0.339 e. The minimum absolute atomic E-state index is 0. The highest BCUT2D eigenvalue weighted by Gasteiger charge is 2.50. The van der Waals surface area contributed by atoms with Gasteiger partial charge in [-0.05, 0) is 69.7 Å². The molecule has 0 spiro atoms. The van der Waals surface area contributed by atoms with Crippen molar-refractivity contribution in [3.63, 3.8) is 0 Å². The summed E-state index contributed by atoms with van der Waals surface area (Å²) in [5.41, 5.74) is 0. The molecule has 1 unspecified atom stereocenters. The molecular formula is C16H26ClN3O. The van der Waals surface area contributed by atoms with Crippen molar-refractivity contribution < 1.29 is 4.52 Å². The fraction of sp³-hybridized carbons (Fsp3) is 0.875. The van der Waals surface area contributed by atoms with Crippen LogP contribution in [0.4, 0.5) is 0 Å². The topological polar surface area (TPSA) is 51.0 Å². The van der Waals surface area contributed by atoms with Crippen molar-refractivity contribution in [3.05, 3.63) is 11.7 Å². The van der Waals surface area contributed by atoms with Gasteiger partial charge in [-0.2, -0.15) is 4.98 Å². The molecule has 0 radical (unpaired) electrons. The van der Waals surface area contributed by atoms with Crippen LogP contribution in [0.2, 0.25) is 0 Å². The van der Waals surface area contributed by atoms with Crippen LogP contribution >= 0.6 is 12.4 Å². The van der Waals surface area contributed by atoms with E-state index in [2.05, 4.69) is 17.4 Å². The lowest BCUT2D eigenvalue weighted by Gasteiger charge is -2.53. The van der Waals surface area contributed by atoms with E-state index in [1.807, 2.05) is 7.05 Å². The van der Waals surface area contributed by atoms with Crippen LogP contribution in [0.5, 0.6) is 0 Å². The monoisotopic (exact) mass is 311 g/mol. The van der Waals surface area contributed by atoms with Gasteiger partial charge in [-0.25, -0.2) is 0 Å². The van der Waals surface area contributed by atoms with Crippen LogP contribution in [0.15, 0.2) is 4.52 Å². The molecule has 4 nitrogen and oxygen atoms in total. The van der Waals surface area contributed by atoms with Gasteiger partial charge in [0.25, 0.3) is 0 Å². The largest absolute Gasteiger partial charge is 0.339 e. The Bertz CT molecular complexity index is 462. The predicted octanol–water partition coefficient (Wildman–Crippen LogP) is 3.18. The maximum Gasteiger partial charge on any atom is 0.230 e. The average molecular weight is 312 g/mol. The van der Waals surface area contributed by atoms with Gasteiger partial charge in [0.15, 0.2) is 5.82 Å². The number of likely N-dealkylation sites (N-methyl/N-ethyl adjacent to an activating group) is 1. The fourth-order valence-corrected chi connectivity index (χ4v) is 5.19. The molecule has 4 aliphatic carbocycles. The average Bonchev–Trinajstić information content (AvgIpc) is 2.85. The Morgan fingerprint density at radius 1 is 1.14 bits per heavy atom. The first-order valence-corrected chi connectivity index (χ1v) is 8.22. The molecular weight excluding hydrogens is 286 g/mol. The van der Waals surface area contributed by atoms with Gasteiger partial charge in [0.05, 0.1) is 0 Å². The number of hydrogen-bond donors (Lipinski definition) is 1. The summed E-state index contributed by atoms with van der Waals surface area (Å²) in [5.74, 6) is 6.02. The van der Waals surface area contributed by atoms with Gasteiger partial charge < -0.3 is 9.84 Å². The summed E-state index contributed by atoms with van der Waals surface area (Å²) in [6, 6.07) is 0.402. The molecule has 1 aromatic rings. The summed E-state index contributed by atoms with van der Waals surface area (Å²) in [6.45, 7) is 2.15. The second-order valence-electron chi connectivity index (χ2n) is 7.40. The van der Waals surface area contributed by atoms with Crippen molar-refractivity contribution in [2.75, 3.05) is 7.05 Å². The normalized spacial score (nSPS) is 38.3. The minimum atomic E-state index is 0. The molecule has 0 aromatic carbocycles. The standard InChI is InChI=1S/C16H25N3O.ClH/c1-9(17-2)3-14-18-16(20-19-14)15-12-5-10-4-11(7-12)8-13(15)6-10;/h9-13,15,17H,3-8H2,1-2H3;1H. The highest BCUT2D eigenvalue weighted by atomic mass is 35.5. The maximum absolute atomic E-state index is 5.65. The van der Waals surface area contributed by atoms with Crippen LogP contribution in [-0.2, 0) is 6.42 Å². The lowest BCUT2D eigenvalue weighted by Crippen LogP contribution is -2.43. The van der Waals surface area contributed by atoms with Gasteiger partial charge in [-0.1, -0.05) is 5.16 Å². The molecule has 1 heterocycles. The number of aromatic nitrogens is 2. The lowest BCUT2D eigenvalue weighted by atomic mass is 9.52. The highest BCUT2D eigenvalue weighted by Crippen LogP contribution is 2.59. The summed E-state index contributed by atoms with van der Waals surface area (Å²) >= 11 is 0. The Morgan fingerprint density at radius 3 is 2.33 bits per heavy atom. The second kappa shape index (κ2) is 5.88. The van der Waals surface area contributed by atoms with Crippen molar-refractivity contribution in [3.8, 4) is 0 Å². The van der Waals surface area contributed by atoms with Crippen molar-refractivity contribution in [1.82, 2.24) is 15.5 Å². The molecule has 0 saturated heterocycles. The Hall–Kier alpha value is -0.610. The van der Waals surface area contributed by atoms with E-state index >= 15 is 0 Å². The van der Waals surface area contributed by atoms with Crippen LogP contribution in [0.3, 0.4) is 0 Å². The Morgan fingerprint density at radius 2 is 1.76 bits per heavy atom. The van der Waals surface area contributed by atoms with Crippen molar-refractivity contribution in [1.29, 1.82) is 0 Å². The van der Waals surface area contributed by atoms with Crippen LogP contribution in [0.25, 0.3) is 0 Å². The Balaban J connectivity index is 0.00000132. The van der Waals surface area contributed by atoms with Crippen LogP contribution in [-0.4, -0.2) is 23.2 Å². The van der Waals surface area contributed by atoms with Gasteiger partial charge in [0.1, 0.15) is 0 Å². The van der Waals surface area contributed by atoms with E-state index in [4.69, 9.17) is 9.51 Å². The zero-order valence-electron chi connectivity index (χ0n) is 12.9. The van der Waals surface area contributed by atoms with E-state index in [1.165, 1.54) is 32.1 Å². The van der Waals surface area contributed by atoms with E-state index in [9.17, 15) is 0 Å². The SMILES string of the molecule is CNC(C)Cc1noc(C2C3CC4CC(C3)CC2C4)n1.Cl. The van der Waals surface area contributed by atoms with Crippen molar-refractivity contribution in [2.24, 2.45) is 23.7 Å². The molecule has 4 saturated carbocycles. The maximum atomic E-state index is 5.65. The van der Waals surface area contributed by atoms with E-state index in [0.29, 0.717) is 12.0 Å². The summed E-state index contributed by atoms with van der Waals surface area (Å²) < 4.78 is 5.65. The number of hydrogen-bond acceptors (Lipinski definition) is 4. The first-order chi connectivity index (χ1) is 9.72. The van der Waals surface area contributed by atoms with Gasteiger partial charge in [-0.15, -0.1) is 12.4 Å². The van der Waals surface area contributed by atoms with E-state index in [1.54, 1.807) is 0 Å².